The quantitative estimate of drug-likeness (QED) is 0.796. The van der Waals surface area contributed by atoms with Crippen LogP contribution >= 0.6 is 0 Å². The number of hydrogen-bond acceptors (Lipinski definition) is 4. The van der Waals surface area contributed by atoms with Crippen LogP contribution in [-0.2, 0) is 14.3 Å². The first-order chi connectivity index (χ1) is 11.9. The Labute approximate surface area is 148 Å². The van der Waals surface area contributed by atoms with Crippen LogP contribution in [0, 0.1) is 11.3 Å². The zero-order chi connectivity index (χ0) is 18.6. The summed E-state index contributed by atoms with van der Waals surface area (Å²) in [6.07, 6.45) is 1.04. The first kappa shape index (κ1) is 18.9. The van der Waals surface area contributed by atoms with Crippen molar-refractivity contribution in [3.63, 3.8) is 0 Å². The average molecular weight is 343 g/mol. The summed E-state index contributed by atoms with van der Waals surface area (Å²) in [5.74, 6) is -1.98. The number of aliphatic imine (C=N–C) groups is 1. The van der Waals surface area contributed by atoms with E-state index in [1.54, 1.807) is 13.8 Å². The monoisotopic (exact) mass is 343 g/mol. The molecule has 0 amide bonds. The van der Waals surface area contributed by atoms with Gasteiger partial charge in [-0.1, -0.05) is 51.1 Å². The Morgan fingerprint density at radius 1 is 1.24 bits per heavy atom. The van der Waals surface area contributed by atoms with Crippen LogP contribution in [0.5, 0.6) is 0 Å². The molecule has 1 aromatic rings. The fraction of sp³-hybridized carbons (Fsp3) is 0.450. The Kier molecular flexibility index (Phi) is 5.77. The fourth-order valence-electron chi connectivity index (χ4n) is 3.52. The molecule has 134 valence electrons. The first-order valence-corrected chi connectivity index (χ1v) is 8.66. The van der Waals surface area contributed by atoms with E-state index < -0.39 is 23.3 Å². The van der Waals surface area contributed by atoms with Gasteiger partial charge in [0.1, 0.15) is 5.41 Å². The highest BCUT2D eigenvalue weighted by molar-refractivity contribution is 6.17. The van der Waals surface area contributed by atoms with Crippen LogP contribution in [0.4, 0.5) is 0 Å². The number of carboxylic acids is 1. The molecule has 0 aromatic heterocycles. The number of carbonyl (C=O) groups is 2. The maximum absolute atomic E-state index is 12.5. The Morgan fingerprint density at radius 2 is 1.88 bits per heavy atom. The van der Waals surface area contributed by atoms with E-state index in [-0.39, 0.29) is 0 Å². The maximum atomic E-state index is 12.5. The molecule has 0 bridgehead atoms. The molecule has 5 nitrogen and oxygen atoms in total. The third kappa shape index (κ3) is 3.23. The fourth-order valence-corrected chi connectivity index (χ4v) is 3.52. The topological polar surface area (TPSA) is 76.0 Å². The summed E-state index contributed by atoms with van der Waals surface area (Å²) in [5, 5.41) is 10.1. The molecule has 1 N–H and O–H groups in total. The molecule has 1 aliphatic heterocycles. The molecule has 1 aromatic carbocycles. The van der Waals surface area contributed by atoms with Gasteiger partial charge in [-0.05, 0) is 25.3 Å². The molecule has 0 saturated heterocycles. The maximum Gasteiger partial charge on any atom is 0.336 e. The van der Waals surface area contributed by atoms with Crippen molar-refractivity contribution in [2.24, 2.45) is 16.3 Å². The summed E-state index contributed by atoms with van der Waals surface area (Å²) in [6, 6.07) is 9.30. The van der Waals surface area contributed by atoms with E-state index in [2.05, 4.69) is 4.99 Å². The summed E-state index contributed by atoms with van der Waals surface area (Å²) in [6.45, 7) is 7.56. The van der Waals surface area contributed by atoms with Gasteiger partial charge < -0.3 is 9.84 Å². The van der Waals surface area contributed by atoms with E-state index in [4.69, 9.17) is 4.74 Å². The molecule has 2 atom stereocenters. The Morgan fingerprint density at radius 3 is 2.40 bits per heavy atom. The molecule has 0 aliphatic carbocycles. The second kappa shape index (κ2) is 7.64. The van der Waals surface area contributed by atoms with Crippen LogP contribution < -0.4 is 0 Å². The lowest BCUT2D eigenvalue weighted by Crippen LogP contribution is -2.48. The number of hydrogen-bond donors (Lipinski definition) is 1. The molecule has 25 heavy (non-hydrogen) atoms. The molecule has 0 fully saturated rings. The highest BCUT2D eigenvalue weighted by atomic mass is 16.5. The van der Waals surface area contributed by atoms with Crippen molar-refractivity contribution in [3.05, 3.63) is 47.2 Å². The number of esters is 1. The lowest BCUT2D eigenvalue weighted by atomic mass is 9.64. The Hall–Kier alpha value is -2.43. The van der Waals surface area contributed by atoms with E-state index >= 15 is 0 Å². The van der Waals surface area contributed by atoms with Gasteiger partial charge in [-0.25, -0.2) is 4.79 Å². The van der Waals surface area contributed by atoms with Gasteiger partial charge in [-0.15, -0.1) is 0 Å². The van der Waals surface area contributed by atoms with Gasteiger partial charge in [0.25, 0.3) is 0 Å². The summed E-state index contributed by atoms with van der Waals surface area (Å²) in [7, 11) is 0. The predicted molar refractivity (Wildman–Crippen MR) is 96.5 cm³/mol. The van der Waals surface area contributed by atoms with Gasteiger partial charge in [-0.3, -0.25) is 9.79 Å². The number of allylic oxidation sites excluding steroid dienone is 1. The van der Waals surface area contributed by atoms with Gasteiger partial charge in [0.15, 0.2) is 0 Å². The highest BCUT2D eigenvalue weighted by Gasteiger charge is 2.52. The minimum absolute atomic E-state index is 0.309. The van der Waals surface area contributed by atoms with Crippen molar-refractivity contribution in [1.82, 2.24) is 0 Å². The van der Waals surface area contributed by atoms with Gasteiger partial charge in [0, 0.05) is 11.6 Å². The van der Waals surface area contributed by atoms with Crippen molar-refractivity contribution in [2.45, 2.75) is 40.5 Å². The number of aliphatic carboxylic acids is 1. The number of nitrogens with zero attached hydrogens (tertiary/aromatic N) is 1. The molecular formula is C20H25NO4. The predicted octanol–water partition coefficient (Wildman–Crippen LogP) is 3.83. The molecule has 0 spiro atoms. The summed E-state index contributed by atoms with van der Waals surface area (Å²) in [4.78, 5) is 29.4. The SMILES string of the molecule is CCCOC(=O)C1=C(C)N=C(c2ccccc2)C(CC)(C(=O)O)C1C. The molecule has 2 unspecified atom stereocenters. The third-order valence-electron chi connectivity index (χ3n) is 4.91. The van der Waals surface area contributed by atoms with Crippen LogP contribution in [0.2, 0.25) is 0 Å². The lowest BCUT2D eigenvalue weighted by molar-refractivity contribution is -0.147. The van der Waals surface area contributed by atoms with Crippen molar-refractivity contribution in [3.8, 4) is 0 Å². The zero-order valence-corrected chi connectivity index (χ0v) is 15.2. The molecule has 0 saturated carbocycles. The van der Waals surface area contributed by atoms with Crippen LogP contribution in [0.3, 0.4) is 0 Å². The molecule has 1 heterocycles. The van der Waals surface area contributed by atoms with Gasteiger partial charge in [0.05, 0.1) is 17.9 Å². The minimum atomic E-state index is -1.26. The molecule has 2 rings (SSSR count). The van der Waals surface area contributed by atoms with Gasteiger partial charge in [-0.2, -0.15) is 0 Å². The second-order valence-corrected chi connectivity index (χ2v) is 6.31. The van der Waals surface area contributed by atoms with Crippen LogP contribution in [0.1, 0.15) is 46.1 Å². The summed E-state index contributed by atoms with van der Waals surface area (Å²) < 4.78 is 5.27. The van der Waals surface area contributed by atoms with Crippen LogP contribution in [0.25, 0.3) is 0 Å². The molecule has 1 aliphatic rings. The number of ether oxygens (including phenoxy) is 1. The van der Waals surface area contributed by atoms with E-state index in [0.29, 0.717) is 36.4 Å². The lowest BCUT2D eigenvalue weighted by Gasteiger charge is -2.39. The highest BCUT2D eigenvalue weighted by Crippen LogP contribution is 2.45. The van der Waals surface area contributed by atoms with Crippen molar-refractivity contribution < 1.29 is 19.4 Å². The van der Waals surface area contributed by atoms with Gasteiger partial charge >= 0.3 is 11.9 Å². The second-order valence-electron chi connectivity index (χ2n) is 6.31. The summed E-state index contributed by atoms with van der Waals surface area (Å²) in [5.41, 5.74) is 0.885. The Balaban J connectivity index is 2.65. The molecular weight excluding hydrogens is 318 g/mol. The standard InChI is InChI=1S/C20H25NO4/c1-5-12-25-18(22)16-13(3)20(6-2,19(23)24)17(21-14(16)4)15-10-8-7-9-11-15/h7-11,13H,5-6,12H2,1-4H3,(H,23,24). The summed E-state index contributed by atoms with van der Waals surface area (Å²) >= 11 is 0. The smallest absolute Gasteiger partial charge is 0.336 e. The number of benzene rings is 1. The van der Waals surface area contributed by atoms with Gasteiger partial charge in [0.2, 0.25) is 0 Å². The molecule has 5 heteroatoms. The number of rotatable bonds is 6. The molecule has 0 radical (unpaired) electrons. The van der Waals surface area contributed by atoms with E-state index in [1.807, 2.05) is 44.2 Å². The van der Waals surface area contributed by atoms with Crippen molar-refractivity contribution in [2.75, 3.05) is 6.61 Å². The first-order valence-electron chi connectivity index (χ1n) is 8.66. The average Bonchev–Trinajstić information content (AvgIpc) is 2.60. The number of carboxylic acid groups (broad SMARTS) is 1. The van der Waals surface area contributed by atoms with Crippen molar-refractivity contribution in [1.29, 1.82) is 0 Å². The largest absolute Gasteiger partial charge is 0.481 e. The minimum Gasteiger partial charge on any atom is -0.481 e. The van der Waals surface area contributed by atoms with E-state index in [0.717, 1.165) is 5.56 Å². The Bertz CT molecular complexity index is 720. The van der Waals surface area contributed by atoms with Crippen LogP contribution in [-0.4, -0.2) is 29.4 Å². The number of carbonyl (C=O) groups excluding carboxylic acids is 1. The third-order valence-corrected chi connectivity index (χ3v) is 4.91. The normalized spacial score (nSPS) is 23.2. The van der Waals surface area contributed by atoms with Crippen LogP contribution in [0.15, 0.2) is 46.6 Å². The van der Waals surface area contributed by atoms with E-state index in [1.165, 1.54) is 0 Å². The van der Waals surface area contributed by atoms with Crippen molar-refractivity contribution >= 4 is 17.7 Å². The van der Waals surface area contributed by atoms with E-state index in [9.17, 15) is 14.7 Å². The zero-order valence-electron chi connectivity index (χ0n) is 15.2.